The van der Waals surface area contributed by atoms with Gasteiger partial charge in [0.1, 0.15) is 11.5 Å². The topological polar surface area (TPSA) is 156 Å². The van der Waals surface area contributed by atoms with Gasteiger partial charge in [-0.3, -0.25) is 13.3 Å². The van der Waals surface area contributed by atoms with E-state index < -0.39 is 17.2 Å². The molecule has 43 heavy (non-hydrogen) atoms. The normalized spacial score (nSPS) is 11.3. The molecule has 216 valence electrons. The van der Waals surface area contributed by atoms with Gasteiger partial charge in [-0.1, -0.05) is 35.9 Å². The first-order valence-corrected chi connectivity index (χ1v) is 13.9. The number of benzene rings is 4. The van der Waals surface area contributed by atoms with Gasteiger partial charge in [-0.05, 0) is 48.5 Å². The first-order chi connectivity index (χ1) is 20.8. The number of carbonyl (C=O) groups excluding carboxylic acids is 1. The van der Waals surface area contributed by atoms with Crippen molar-refractivity contribution in [2.45, 2.75) is 0 Å². The number of ether oxygens (including phenoxy) is 2. The van der Waals surface area contributed by atoms with Gasteiger partial charge in [0.2, 0.25) is 10.0 Å². The third-order valence-electron chi connectivity index (χ3n) is 5.94. The van der Waals surface area contributed by atoms with E-state index >= 15 is 0 Å². The van der Waals surface area contributed by atoms with Crippen molar-refractivity contribution in [1.29, 1.82) is 0 Å². The van der Waals surface area contributed by atoms with Crippen LogP contribution in [0.2, 0.25) is 5.02 Å². The van der Waals surface area contributed by atoms with Crippen molar-refractivity contribution in [1.82, 2.24) is 14.9 Å². The van der Waals surface area contributed by atoms with Crippen molar-refractivity contribution in [3.05, 3.63) is 102 Å². The zero-order chi connectivity index (χ0) is 30.3. The molecule has 1 heterocycles. The molecule has 5 aromatic rings. The van der Waals surface area contributed by atoms with E-state index in [4.69, 9.17) is 21.1 Å². The van der Waals surface area contributed by atoms with E-state index in [0.29, 0.717) is 33.2 Å². The Kier molecular flexibility index (Phi) is 8.99. The van der Waals surface area contributed by atoms with E-state index in [1.54, 1.807) is 78.9 Å². The molecule has 1 unspecified atom stereocenters. The predicted octanol–water partition coefficient (Wildman–Crippen LogP) is 6.42. The van der Waals surface area contributed by atoms with Crippen molar-refractivity contribution in [3.63, 3.8) is 0 Å². The summed E-state index contributed by atoms with van der Waals surface area (Å²) in [5, 5.41) is 11.1. The Morgan fingerprint density at radius 1 is 0.930 bits per heavy atom. The van der Waals surface area contributed by atoms with E-state index in [0.717, 1.165) is 4.31 Å². The lowest BCUT2D eigenvalue weighted by atomic mass is 10.2. The van der Waals surface area contributed by atoms with E-state index in [1.807, 2.05) is 0 Å². The third-order valence-corrected chi connectivity index (χ3v) is 6.86. The molecule has 1 N–H and O–H groups in total. The van der Waals surface area contributed by atoms with Crippen LogP contribution in [0.15, 0.2) is 101 Å². The second-order valence-corrected chi connectivity index (χ2v) is 9.98. The highest BCUT2D eigenvalue weighted by molar-refractivity contribution is 7.81. The SMILES string of the molecule is COc1cc(Nc2nc3ccccc3nc2N(c2cccc(N=[N+]=NC(=O)c3cccc(Cl)c3)c2)S(=O)[O-])cc(OC)c1. The molecule has 12 nitrogen and oxygen atoms in total. The molecule has 0 bridgehead atoms. The lowest BCUT2D eigenvalue weighted by Gasteiger charge is -2.27. The number of hydrogen-bond donors (Lipinski definition) is 1. The van der Waals surface area contributed by atoms with Gasteiger partial charge in [0, 0.05) is 28.9 Å². The highest BCUT2D eigenvalue weighted by Gasteiger charge is 2.21. The Hall–Kier alpha value is -5.20. The number of carbonyl (C=O) groups is 1. The molecular formula is C29H22ClN7O5S. The van der Waals surface area contributed by atoms with Crippen LogP contribution in [-0.4, -0.2) is 38.9 Å². The Morgan fingerprint density at radius 3 is 2.30 bits per heavy atom. The van der Waals surface area contributed by atoms with Crippen molar-refractivity contribution in [2.24, 2.45) is 10.2 Å². The fraction of sp³-hybridized carbons (Fsp3) is 0.0690. The molecule has 4 aromatic carbocycles. The standard InChI is InChI=1S/C29H22ClN7O5S/c1-41-23-15-21(16-24(17-23)42-2)31-27-28(33-26-12-4-3-11-25(26)32-27)37(43(39)40)22-10-6-9-20(14-22)34-36-35-29(38)18-7-5-8-19(30)13-18/h3-17H,1-2H3,(H-,31,32,39,40). The summed E-state index contributed by atoms with van der Waals surface area (Å²) in [5.74, 6) is 0.523. The number of amides is 1. The molecule has 0 aliphatic rings. The summed E-state index contributed by atoms with van der Waals surface area (Å²) in [4.78, 5) is 25.2. The maximum Gasteiger partial charge on any atom is 0.360 e. The molecule has 0 spiro atoms. The number of nitrogens with one attached hydrogen (secondary N) is 1. The smallest absolute Gasteiger partial charge is 0.360 e. The van der Waals surface area contributed by atoms with Crippen molar-refractivity contribution >= 4 is 68.5 Å². The first kappa shape index (κ1) is 29.3. The summed E-state index contributed by atoms with van der Waals surface area (Å²) in [6, 6.07) is 24.6. The van der Waals surface area contributed by atoms with Gasteiger partial charge in [-0.2, -0.15) is 0 Å². The Bertz CT molecular complexity index is 1890. The van der Waals surface area contributed by atoms with Crippen LogP contribution >= 0.6 is 11.6 Å². The van der Waals surface area contributed by atoms with Gasteiger partial charge in [0.15, 0.2) is 22.4 Å². The predicted molar refractivity (Wildman–Crippen MR) is 162 cm³/mol. The highest BCUT2D eigenvalue weighted by Crippen LogP contribution is 2.36. The Labute approximate surface area is 253 Å². The summed E-state index contributed by atoms with van der Waals surface area (Å²) in [6.07, 6.45) is 0. The first-order valence-electron chi connectivity index (χ1n) is 12.5. The number of nitrogens with zero attached hydrogens (tertiary/aromatic N) is 6. The Balaban J connectivity index is 1.55. The van der Waals surface area contributed by atoms with Crippen LogP contribution in [0, 0.1) is 0 Å². The van der Waals surface area contributed by atoms with Gasteiger partial charge in [0.25, 0.3) is 0 Å². The minimum absolute atomic E-state index is 0.0104. The molecule has 1 aromatic heterocycles. The molecular weight excluding hydrogens is 594 g/mol. The second-order valence-electron chi connectivity index (χ2n) is 8.75. The molecule has 0 saturated carbocycles. The van der Waals surface area contributed by atoms with Crippen LogP contribution in [0.5, 0.6) is 11.5 Å². The Morgan fingerprint density at radius 2 is 1.63 bits per heavy atom. The lowest BCUT2D eigenvalue weighted by molar-refractivity contribution is 0.0992. The van der Waals surface area contributed by atoms with E-state index in [-0.39, 0.29) is 28.6 Å². The highest BCUT2D eigenvalue weighted by atomic mass is 35.5. The van der Waals surface area contributed by atoms with E-state index in [2.05, 4.69) is 30.4 Å². The van der Waals surface area contributed by atoms with Crippen molar-refractivity contribution in [3.8, 4) is 11.5 Å². The zero-order valence-electron chi connectivity index (χ0n) is 22.7. The van der Waals surface area contributed by atoms with Gasteiger partial charge in [-0.15, -0.1) is 0 Å². The van der Waals surface area contributed by atoms with Crippen LogP contribution in [-0.2, 0) is 11.3 Å². The lowest BCUT2D eigenvalue weighted by Crippen LogP contribution is -2.22. The maximum atomic E-state index is 12.7. The molecule has 14 heteroatoms. The fourth-order valence-electron chi connectivity index (χ4n) is 3.99. The number of anilines is 4. The monoisotopic (exact) mass is 615 g/mol. The van der Waals surface area contributed by atoms with Crippen LogP contribution in [0.3, 0.4) is 0 Å². The molecule has 1 atom stereocenters. The van der Waals surface area contributed by atoms with Crippen LogP contribution in [0.25, 0.3) is 11.0 Å². The number of aromatic nitrogens is 2. The number of fused-ring (bicyclic) bond motifs is 1. The quantitative estimate of drug-likeness (QED) is 0.113. The van der Waals surface area contributed by atoms with Crippen LogP contribution < -0.4 is 24.0 Å². The van der Waals surface area contributed by atoms with Crippen LogP contribution in [0.1, 0.15) is 10.4 Å². The van der Waals surface area contributed by atoms with Gasteiger partial charge >= 0.3 is 5.91 Å². The van der Waals surface area contributed by atoms with Crippen molar-refractivity contribution < 1.29 is 23.0 Å². The largest absolute Gasteiger partial charge is 0.755 e. The molecule has 5 rings (SSSR count). The minimum atomic E-state index is -2.85. The van der Waals surface area contributed by atoms with Crippen LogP contribution in [0.4, 0.5) is 28.7 Å². The maximum absolute atomic E-state index is 12.7. The molecule has 0 aliphatic carbocycles. The zero-order valence-corrected chi connectivity index (χ0v) is 24.2. The van der Waals surface area contributed by atoms with Gasteiger partial charge in [-0.25, -0.2) is 9.97 Å². The fourth-order valence-corrected chi connectivity index (χ4v) is 4.73. The molecule has 1 amide bonds. The summed E-state index contributed by atoms with van der Waals surface area (Å²) in [6.45, 7) is 0. The molecule has 0 fully saturated rings. The summed E-state index contributed by atoms with van der Waals surface area (Å²) < 4.78 is 37.1. The van der Waals surface area contributed by atoms with Gasteiger partial charge in [0.05, 0.1) is 47.8 Å². The average Bonchev–Trinajstić information content (AvgIpc) is 3.01. The third kappa shape index (κ3) is 7.00. The molecule has 0 aliphatic heterocycles. The van der Waals surface area contributed by atoms with E-state index in [9.17, 15) is 13.6 Å². The van der Waals surface area contributed by atoms with E-state index in [1.165, 1.54) is 26.4 Å². The summed E-state index contributed by atoms with van der Waals surface area (Å²) in [5.41, 5.74) is 2.19. The second kappa shape index (κ2) is 13.2. The van der Waals surface area contributed by atoms with Gasteiger partial charge < -0.3 is 19.3 Å². The minimum Gasteiger partial charge on any atom is -0.755 e. The number of hydrogen-bond acceptors (Lipinski definition) is 9. The number of para-hydroxylation sites is 2. The number of rotatable bonds is 9. The summed E-state index contributed by atoms with van der Waals surface area (Å²) in [7, 11) is 3.04. The molecule has 0 radical (unpaired) electrons. The molecule has 0 saturated heterocycles. The average molecular weight is 616 g/mol. The summed E-state index contributed by atoms with van der Waals surface area (Å²) >= 11 is 3.08. The number of methoxy groups -OCH3 is 2. The van der Waals surface area contributed by atoms with Crippen molar-refractivity contribution in [2.75, 3.05) is 23.8 Å². The number of halogens is 1.